The topological polar surface area (TPSA) is 122 Å². The van der Waals surface area contributed by atoms with Crippen molar-refractivity contribution in [1.29, 1.82) is 0 Å². The Morgan fingerprint density at radius 2 is 2.04 bits per heavy atom. The molecule has 1 aliphatic heterocycles. The third-order valence-corrected chi connectivity index (χ3v) is 4.49. The molecular weight excluding hydrogens is 366 g/mol. The Morgan fingerprint density at radius 3 is 2.64 bits per heavy atom. The third kappa shape index (κ3) is 4.27. The number of carbonyl (C=O) groups is 2. The summed E-state index contributed by atoms with van der Waals surface area (Å²) in [6.07, 6.45) is 1.97. The van der Waals surface area contributed by atoms with Crippen molar-refractivity contribution in [3.05, 3.63) is 45.7 Å². The van der Waals surface area contributed by atoms with E-state index < -0.39 is 16.7 Å². The molecule has 148 valence electrons. The van der Waals surface area contributed by atoms with E-state index in [1.807, 2.05) is 4.90 Å². The van der Waals surface area contributed by atoms with Crippen LogP contribution in [0.5, 0.6) is 0 Å². The van der Waals surface area contributed by atoms with Crippen molar-refractivity contribution in [2.24, 2.45) is 0 Å². The van der Waals surface area contributed by atoms with Crippen molar-refractivity contribution in [3.8, 4) is 0 Å². The first-order valence-electron chi connectivity index (χ1n) is 8.87. The van der Waals surface area contributed by atoms with Crippen molar-refractivity contribution in [2.75, 3.05) is 36.9 Å². The second-order valence-electron chi connectivity index (χ2n) is 6.69. The zero-order valence-electron chi connectivity index (χ0n) is 15.7. The first-order chi connectivity index (χ1) is 13.3. The molecule has 0 bridgehead atoms. The molecule has 0 atom stereocenters. The van der Waals surface area contributed by atoms with Crippen LogP contribution in [-0.4, -0.2) is 53.5 Å². The van der Waals surface area contributed by atoms with Gasteiger partial charge in [-0.05, 0) is 31.9 Å². The summed E-state index contributed by atoms with van der Waals surface area (Å²) in [5.41, 5.74) is 0.562. The molecule has 28 heavy (non-hydrogen) atoms. The molecule has 1 saturated heterocycles. The minimum Gasteiger partial charge on any atom is -0.366 e. The lowest BCUT2D eigenvalue weighted by Gasteiger charge is -2.19. The van der Waals surface area contributed by atoms with Gasteiger partial charge in [0.25, 0.3) is 11.6 Å². The van der Waals surface area contributed by atoms with Crippen LogP contribution in [0.3, 0.4) is 0 Å². The number of nitrogens with one attached hydrogen (secondary N) is 1. The second kappa shape index (κ2) is 8.07. The standard InChI is InChI=1S/C18H21N5O5/c1-12-9-16(20-28-12)19-17(24)11-21(2)18(25)13-5-6-14(15(10-13)23(26)27)22-7-3-4-8-22/h5-6,9-10H,3-4,7-8,11H2,1-2H3,(H,19,20,24). The summed E-state index contributed by atoms with van der Waals surface area (Å²) in [7, 11) is 1.45. The Balaban J connectivity index is 1.71. The smallest absolute Gasteiger partial charge is 0.293 e. The van der Waals surface area contributed by atoms with Gasteiger partial charge in [-0.25, -0.2) is 0 Å². The summed E-state index contributed by atoms with van der Waals surface area (Å²) in [6.45, 7) is 2.98. The molecule has 2 amide bonds. The lowest BCUT2D eigenvalue weighted by Crippen LogP contribution is -2.35. The van der Waals surface area contributed by atoms with E-state index in [-0.39, 0.29) is 23.6 Å². The Morgan fingerprint density at radius 1 is 1.32 bits per heavy atom. The molecule has 0 spiro atoms. The number of nitrogens with zero attached hydrogens (tertiary/aromatic N) is 4. The first-order valence-corrected chi connectivity index (χ1v) is 8.87. The average Bonchev–Trinajstić information content (AvgIpc) is 3.32. The molecule has 2 aromatic rings. The first kappa shape index (κ1) is 19.3. The zero-order valence-corrected chi connectivity index (χ0v) is 15.7. The average molecular weight is 387 g/mol. The highest BCUT2D eigenvalue weighted by molar-refractivity contribution is 5.99. The van der Waals surface area contributed by atoms with Crippen molar-refractivity contribution in [3.63, 3.8) is 0 Å². The summed E-state index contributed by atoms with van der Waals surface area (Å²) in [5.74, 6) is -0.131. The maximum atomic E-state index is 12.6. The molecule has 0 radical (unpaired) electrons. The maximum absolute atomic E-state index is 12.6. The monoisotopic (exact) mass is 387 g/mol. The fourth-order valence-corrected chi connectivity index (χ4v) is 3.14. The number of rotatable bonds is 6. The van der Waals surface area contributed by atoms with E-state index in [1.165, 1.54) is 18.0 Å². The van der Waals surface area contributed by atoms with Gasteiger partial charge in [0.2, 0.25) is 5.91 Å². The third-order valence-electron chi connectivity index (χ3n) is 4.49. The lowest BCUT2D eigenvalue weighted by molar-refractivity contribution is -0.384. The zero-order chi connectivity index (χ0) is 20.3. The fraction of sp³-hybridized carbons (Fsp3) is 0.389. The molecule has 3 rings (SSSR count). The lowest BCUT2D eigenvalue weighted by atomic mass is 10.1. The van der Waals surface area contributed by atoms with Crippen LogP contribution in [0.15, 0.2) is 28.8 Å². The van der Waals surface area contributed by atoms with Crippen LogP contribution in [0, 0.1) is 17.0 Å². The van der Waals surface area contributed by atoms with Crippen molar-refractivity contribution >= 4 is 29.0 Å². The number of likely N-dealkylation sites (N-methyl/N-ethyl adjacent to an activating group) is 1. The largest absolute Gasteiger partial charge is 0.366 e. The van der Waals surface area contributed by atoms with Gasteiger partial charge in [0.1, 0.15) is 11.4 Å². The van der Waals surface area contributed by atoms with E-state index in [9.17, 15) is 19.7 Å². The predicted octanol–water partition coefficient (Wildman–Crippen LogP) is 2.20. The highest BCUT2D eigenvalue weighted by atomic mass is 16.6. The van der Waals surface area contributed by atoms with Gasteiger partial charge in [0.05, 0.1) is 11.5 Å². The fourth-order valence-electron chi connectivity index (χ4n) is 3.14. The van der Waals surface area contributed by atoms with E-state index in [0.29, 0.717) is 11.4 Å². The quantitative estimate of drug-likeness (QED) is 0.595. The highest BCUT2D eigenvalue weighted by Crippen LogP contribution is 2.31. The summed E-state index contributed by atoms with van der Waals surface area (Å²) in [4.78, 5) is 38.8. The van der Waals surface area contributed by atoms with Gasteiger partial charge in [-0.2, -0.15) is 0 Å². The molecule has 0 aliphatic carbocycles. The number of nitro groups is 1. The molecule has 1 fully saturated rings. The van der Waals surface area contributed by atoms with E-state index in [1.54, 1.807) is 25.1 Å². The molecular formula is C18H21N5O5. The van der Waals surface area contributed by atoms with Gasteiger partial charge >= 0.3 is 0 Å². The van der Waals surface area contributed by atoms with Gasteiger partial charge < -0.3 is 19.6 Å². The van der Waals surface area contributed by atoms with E-state index in [0.717, 1.165) is 25.9 Å². The van der Waals surface area contributed by atoms with Crippen LogP contribution in [0.25, 0.3) is 0 Å². The number of aryl methyl sites for hydroxylation is 1. The number of benzene rings is 1. The highest BCUT2D eigenvalue weighted by Gasteiger charge is 2.25. The summed E-state index contributed by atoms with van der Waals surface area (Å²) in [5, 5.41) is 17.7. The summed E-state index contributed by atoms with van der Waals surface area (Å²) in [6, 6.07) is 5.98. The van der Waals surface area contributed by atoms with Gasteiger partial charge in [-0.3, -0.25) is 19.7 Å². The molecule has 1 N–H and O–H groups in total. The van der Waals surface area contributed by atoms with Gasteiger partial charge in [-0.1, -0.05) is 5.16 Å². The Labute approximate surface area is 161 Å². The minimum absolute atomic E-state index is 0.108. The molecule has 1 aliphatic rings. The molecule has 0 unspecified atom stereocenters. The van der Waals surface area contributed by atoms with Gasteiger partial charge in [0.15, 0.2) is 5.82 Å². The van der Waals surface area contributed by atoms with Crippen LogP contribution in [0.2, 0.25) is 0 Å². The number of hydrogen-bond acceptors (Lipinski definition) is 7. The minimum atomic E-state index is -0.484. The molecule has 2 heterocycles. The van der Waals surface area contributed by atoms with Crippen molar-refractivity contribution in [1.82, 2.24) is 10.1 Å². The van der Waals surface area contributed by atoms with E-state index >= 15 is 0 Å². The van der Waals surface area contributed by atoms with Gasteiger partial charge in [-0.15, -0.1) is 0 Å². The van der Waals surface area contributed by atoms with E-state index in [2.05, 4.69) is 10.5 Å². The molecule has 1 aromatic heterocycles. The predicted molar refractivity (Wildman–Crippen MR) is 101 cm³/mol. The van der Waals surface area contributed by atoms with Crippen LogP contribution in [-0.2, 0) is 4.79 Å². The van der Waals surface area contributed by atoms with E-state index in [4.69, 9.17) is 4.52 Å². The summed E-state index contributed by atoms with van der Waals surface area (Å²) >= 11 is 0. The molecule has 0 saturated carbocycles. The normalized spacial score (nSPS) is 13.4. The molecule has 1 aromatic carbocycles. The Hall–Kier alpha value is -3.43. The summed E-state index contributed by atoms with van der Waals surface area (Å²) < 4.78 is 4.86. The number of anilines is 2. The van der Waals surface area contributed by atoms with Crippen LogP contribution >= 0.6 is 0 Å². The maximum Gasteiger partial charge on any atom is 0.293 e. The molecule has 10 heteroatoms. The van der Waals surface area contributed by atoms with Crippen LogP contribution < -0.4 is 10.2 Å². The number of carbonyl (C=O) groups excluding carboxylic acids is 2. The van der Waals surface area contributed by atoms with Crippen molar-refractivity contribution in [2.45, 2.75) is 19.8 Å². The number of aromatic nitrogens is 1. The van der Waals surface area contributed by atoms with Crippen LogP contribution in [0.1, 0.15) is 29.0 Å². The number of nitro benzene ring substituents is 1. The van der Waals surface area contributed by atoms with Crippen molar-refractivity contribution < 1.29 is 19.0 Å². The Kier molecular flexibility index (Phi) is 5.57. The molecule has 10 nitrogen and oxygen atoms in total. The van der Waals surface area contributed by atoms with Gasteiger partial charge in [0, 0.05) is 37.8 Å². The Bertz CT molecular complexity index is 904. The second-order valence-corrected chi connectivity index (χ2v) is 6.69. The number of amides is 2. The van der Waals surface area contributed by atoms with Crippen LogP contribution in [0.4, 0.5) is 17.2 Å². The SMILES string of the molecule is Cc1cc(NC(=O)CN(C)C(=O)c2ccc(N3CCCC3)c([N+](=O)[O-])c2)no1. The number of hydrogen-bond donors (Lipinski definition) is 1.